The molecule has 0 aliphatic heterocycles. The second-order valence-electron chi connectivity index (χ2n) is 4.32. The van der Waals surface area contributed by atoms with E-state index in [0.717, 1.165) is 4.47 Å². The highest BCUT2D eigenvalue weighted by atomic mass is 79.9. The number of anilines is 1. The van der Waals surface area contributed by atoms with Crippen LogP contribution in [0.25, 0.3) is 0 Å². The van der Waals surface area contributed by atoms with Crippen molar-refractivity contribution in [3.05, 3.63) is 57.5 Å². The summed E-state index contributed by atoms with van der Waals surface area (Å²) in [6.45, 7) is 0. The summed E-state index contributed by atoms with van der Waals surface area (Å²) < 4.78 is 5.99. The monoisotopic (exact) mass is 369 g/mol. The first-order valence-electron chi connectivity index (χ1n) is 6.09. The van der Waals surface area contributed by atoms with Gasteiger partial charge in [-0.2, -0.15) is 0 Å². The normalized spacial score (nSPS) is 11.8. The summed E-state index contributed by atoms with van der Waals surface area (Å²) in [5.41, 5.74) is 1.26. The van der Waals surface area contributed by atoms with Gasteiger partial charge in [-0.25, -0.2) is 4.79 Å². The minimum atomic E-state index is -0.987. The second kappa shape index (κ2) is 6.83. The van der Waals surface area contributed by atoms with Crippen LogP contribution in [0.1, 0.15) is 11.6 Å². The molecule has 1 atom stereocenters. The van der Waals surface area contributed by atoms with Gasteiger partial charge in [-0.15, -0.1) is 0 Å². The van der Waals surface area contributed by atoms with Crippen LogP contribution >= 0.6 is 27.5 Å². The van der Waals surface area contributed by atoms with Gasteiger partial charge in [-0.3, -0.25) is 0 Å². The number of carboxylic acid groups (broad SMARTS) is 1. The third-order valence-corrected chi connectivity index (χ3v) is 3.74. The largest absolute Gasteiger partial charge is 0.495 e. The molecule has 0 heterocycles. The molecule has 6 heteroatoms. The Balaban J connectivity index is 2.28. The van der Waals surface area contributed by atoms with Crippen molar-refractivity contribution in [2.45, 2.75) is 6.04 Å². The van der Waals surface area contributed by atoms with Crippen LogP contribution in [0, 0.1) is 0 Å². The standard InChI is InChI=1S/C15H13BrClNO3/c1-21-13-7-2-9(8-12(13)17)14(15(19)20)18-11-5-3-10(16)4-6-11/h2-8,14,18H,1H3,(H,19,20). The molecule has 0 bridgehead atoms. The van der Waals surface area contributed by atoms with E-state index in [1.165, 1.54) is 7.11 Å². The zero-order chi connectivity index (χ0) is 15.4. The van der Waals surface area contributed by atoms with E-state index in [4.69, 9.17) is 16.3 Å². The molecule has 2 rings (SSSR count). The Hall–Kier alpha value is -1.72. The highest BCUT2D eigenvalue weighted by molar-refractivity contribution is 9.10. The Kier molecular flexibility index (Phi) is 5.09. The average Bonchev–Trinajstić information content (AvgIpc) is 2.46. The zero-order valence-corrected chi connectivity index (χ0v) is 13.5. The quantitative estimate of drug-likeness (QED) is 0.821. The molecule has 0 saturated heterocycles. The zero-order valence-electron chi connectivity index (χ0n) is 11.1. The van der Waals surface area contributed by atoms with Crippen LogP contribution in [0.2, 0.25) is 5.02 Å². The molecule has 2 N–H and O–H groups in total. The lowest BCUT2D eigenvalue weighted by Gasteiger charge is -2.17. The van der Waals surface area contributed by atoms with Crippen molar-refractivity contribution in [2.75, 3.05) is 12.4 Å². The van der Waals surface area contributed by atoms with E-state index in [0.29, 0.717) is 22.0 Å². The van der Waals surface area contributed by atoms with Gasteiger partial charge in [-0.1, -0.05) is 33.6 Å². The number of halogens is 2. The van der Waals surface area contributed by atoms with Crippen molar-refractivity contribution in [1.29, 1.82) is 0 Å². The van der Waals surface area contributed by atoms with Gasteiger partial charge in [0.25, 0.3) is 0 Å². The van der Waals surface area contributed by atoms with Crippen molar-refractivity contribution >= 4 is 39.2 Å². The molecule has 1 unspecified atom stereocenters. The maximum absolute atomic E-state index is 11.5. The number of benzene rings is 2. The van der Waals surface area contributed by atoms with Crippen molar-refractivity contribution in [2.24, 2.45) is 0 Å². The number of methoxy groups -OCH3 is 1. The first-order valence-corrected chi connectivity index (χ1v) is 7.26. The molecule has 0 saturated carbocycles. The van der Waals surface area contributed by atoms with Crippen LogP contribution in [0.5, 0.6) is 5.75 Å². The predicted octanol–water partition coefficient (Wildman–Crippen LogP) is 4.35. The fraction of sp³-hybridized carbons (Fsp3) is 0.133. The minimum Gasteiger partial charge on any atom is -0.495 e. The first-order chi connectivity index (χ1) is 10.0. The maximum Gasteiger partial charge on any atom is 0.330 e. The molecule has 110 valence electrons. The lowest BCUT2D eigenvalue weighted by Crippen LogP contribution is -2.20. The molecular formula is C15H13BrClNO3. The average molecular weight is 371 g/mol. The number of aliphatic carboxylic acids is 1. The van der Waals surface area contributed by atoms with Crippen molar-refractivity contribution in [3.8, 4) is 5.75 Å². The number of ether oxygens (including phenoxy) is 1. The van der Waals surface area contributed by atoms with Gasteiger partial charge in [0.05, 0.1) is 12.1 Å². The van der Waals surface area contributed by atoms with E-state index >= 15 is 0 Å². The number of rotatable bonds is 5. The topological polar surface area (TPSA) is 58.6 Å². The first kappa shape index (κ1) is 15.7. The van der Waals surface area contributed by atoms with E-state index in [2.05, 4.69) is 21.2 Å². The summed E-state index contributed by atoms with van der Waals surface area (Å²) in [5.74, 6) is -0.479. The molecule has 2 aromatic carbocycles. The van der Waals surface area contributed by atoms with Crippen molar-refractivity contribution < 1.29 is 14.6 Å². The number of hydrogen-bond donors (Lipinski definition) is 2. The number of hydrogen-bond acceptors (Lipinski definition) is 3. The van der Waals surface area contributed by atoms with E-state index in [9.17, 15) is 9.90 Å². The van der Waals surface area contributed by atoms with Crippen LogP contribution in [0.15, 0.2) is 46.9 Å². The Morgan fingerprint density at radius 2 is 1.95 bits per heavy atom. The molecule has 0 aliphatic rings. The molecule has 4 nitrogen and oxygen atoms in total. The van der Waals surface area contributed by atoms with E-state index in [1.807, 2.05) is 12.1 Å². The molecule has 2 aromatic rings. The fourth-order valence-corrected chi connectivity index (χ4v) is 2.39. The van der Waals surface area contributed by atoms with Crippen LogP contribution in [0.4, 0.5) is 5.69 Å². The van der Waals surface area contributed by atoms with Gasteiger partial charge in [-0.05, 0) is 42.0 Å². The highest BCUT2D eigenvalue weighted by Gasteiger charge is 2.20. The molecule has 0 amide bonds. The van der Waals surface area contributed by atoms with Gasteiger partial charge in [0.2, 0.25) is 0 Å². The maximum atomic E-state index is 11.5. The summed E-state index contributed by atoms with van der Waals surface area (Å²) in [4.78, 5) is 11.5. The molecule has 0 radical (unpaired) electrons. The van der Waals surface area contributed by atoms with Gasteiger partial charge in [0, 0.05) is 10.2 Å². The second-order valence-corrected chi connectivity index (χ2v) is 5.64. The van der Waals surface area contributed by atoms with Gasteiger partial charge in [0.15, 0.2) is 6.04 Å². The Morgan fingerprint density at radius 3 is 2.48 bits per heavy atom. The summed E-state index contributed by atoms with van der Waals surface area (Å²) in [5, 5.41) is 12.8. The third-order valence-electron chi connectivity index (χ3n) is 2.91. The van der Waals surface area contributed by atoms with Crippen molar-refractivity contribution in [1.82, 2.24) is 0 Å². The van der Waals surface area contributed by atoms with E-state index < -0.39 is 12.0 Å². The summed E-state index contributed by atoms with van der Waals surface area (Å²) in [6.07, 6.45) is 0. The molecule has 0 spiro atoms. The molecule has 0 fully saturated rings. The molecular weight excluding hydrogens is 358 g/mol. The third kappa shape index (κ3) is 3.89. The van der Waals surface area contributed by atoms with Crippen molar-refractivity contribution in [3.63, 3.8) is 0 Å². The SMILES string of the molecule is COc1ccc(C(Nc2ccc(Br)cc2)C(=O)O)cc1Cl. The number of carboxylic acids is 1. The lowest BCUT2D eigenvalue weighted by molar-refractivity contribution is -0.138. The Morgan fingerprint density at radius 1 is 1.29 bits per heavy atom. The molecule has 0 aromatic heterocycles. The predicted molar refractivity (Wildman–Crippen MR) is 86.1 cm³/mol. The van der Waals surface area contributed by atoms with Gasteiger partial charge < -0.3 is 15.2 Å². The van der Waals surface area contributed by atoms with Crippen LogP contribution in [-0.4, -0.2) is 18.2 Å². The van der Waals surface area contributed by atoms with Gasteiger partial charge in [0.1, 0.15) is 5.75 Å². The Labute approximate surface area is 135 Å². The van der Waals surface area contributed by atoms with Crippen LogP contribution in [0.3, 0.4) is 0 Å². The summed E-state index contributed by atoms with van der Waals surface area (Å²) >= 11 is 9.39. The molecule has 0 aliphatic carbocycles. The number of carbonyl (C=O) groups is 1. The summed E-state index contributed by atoms with van der Waals surface area (Å²) in [7, 11) is 1.51. The number of nitrogens with one attached hydrogen (secondary N) is 1. The summed E-state index contributed by atoms with van der Waals surface area (Å²) in [6, 6.07) is 11.3. The Bertz CT molecular complexity index is 646. The molecule has 21 heavy (non-hydrogen) atoms. The highest BCUT2D eigenvalue weighted by Crippen LogP contribution is 2.29. The van der Waals surface area contributed by atoms with Crippen LogP contribution < -0.4 is 10.1 Å². The van der Waals surface area contributed by atoms with E-state index in [1.54, 1.807) is 30.3 Å². The fourth-order valence-electron chi connectivity index (χ4n) is 1.86. The van der Waals surface area contributed by atoms with E-state index in [-0.39, 0.29) is 0 Å². The van der Waals surface area contributed by atoms with Crippen LogP contribution in [-0.2, 0) is 4.79 Å². The minimum absolute atomic E-state index is 0.374. The lowest BCUT2D eigenvalue weighted by atomic mass is 10.1. The van der Waals surface area contributed by atoms with Gasteiger partial charge >= 0.3 is 5.97 Å². The smallest absolute Gasteiger partial charge is 0.330 e.